The molecule has 1 N–H and O–H groups in total. The van der Waals surface area contributed by atoms with Gasteiger partial charge in [-0.15, -0.1) is 0 Å². The van der Waals surface area contributed by atoms with Gasteiger partial charge in [-0.1, -0.05) is 18.2 Å². The lowest BCUT2D eigenvalue weighted by molar-refractivity contribution is -0.150. The highest BCUT2D eigenvalue weighted by Gasteiger charge is 2.52. The number of hydrogen-bond donors (Lipinski definition) is 1. The van der Waals surface area contributed by atoms with Gasteiger partial charge >= 0.3 is 0 Å². The first kappa shape index (κ1) is 14.0. The summed E-state index contributed by atoms with van der Waals surface area (Å²) in [4.78, 5) is 26.0. The number of piperazine rings is 1. The second kappa shape index (κ2) is 5.13. The van der Waals surface area contributed by atoms with Crippen molar-refractivity contribution in [1.29, 1.82) is 0 Å². The Morgan fingerprint density at radius 2 is 2.05 bits per heavy atom. The lowest BCUT2D eigenvalue weighted by Crippen LogP contribution is -2.66. The second-order valence-electron chi connectivity index (χ2n) is 6.09. The zero-order chi connectivity index (χ0) is 15.0. The van der Waals surface area contributed by atoms with Crippen LogP contribution in [0.3, 0.4) is 0 Å². The highest BCUT2D eigenvalue weighted by Crippen LogP contribution is 2.41. The molecule has 2 fully saturated rings. The van der Waals surface area contributed by atoms with Crippen molar-refractivity contribution in [3.63, 3.8) is 0 Å². The number of carbonyl (C=O) groups is 2. The summed E-state index contributed by atoms with van der Waals surface area (Å²) < 4.78 is 13.6. The molecule has 1 unspecified atom stereocenters. The van der Waals surface area contributed by atoms with Crippen LogP contribution in [-0.2, 0) is 16.0 Å². The summed E-state index contributed by atoms with van der Waals surface area (Å²) in [6, 6.07) is 6.54. The van der Waals surface area contributed by atoms with E-state index in [1.165, 1.54) is 6.07 Å². The lowest BCUT2D eigenvalue weighted by Gasteiger charge is -2.40. The number of hydrogen-bond acceptors (Lipinski definition) is 2. The number of benzene rings is 1. The first-order valence-electron chi connectivity index (χ1n) is 7.34. The van der Waals surface area contributed by atoms with E-state index in [1.54, 1.807) is 30.0 Å². The molecule has 1 saturated heterocycles. The van der Waals surface area contributed by atoms with Crippen molar-refractivity contribution in [1.82, 2.24) is 10.2 Å². The van der Waals surface area contributed by atoms with E-state index in [1.807, 2.05) is 0 Å². The zero-order valence-corrected chi connectivity index (χ0v) is 12.1. The van der Waals surface area contributed by atoms with Gasteiger partial charge in [-0.2, -0.15) is 0 Å². The first-order valence-corrected chi connectivity index (χ1v) is 7.34. The zero-order valence-electron chi connectivity index (χ0n) is 12.1. The van der Waals surface area contributed by atoms with Crippen LogP contribution in [-0.4, -0.2) is 35.3 Å². The SMILES string of the molecule is CC1(C2CC2)NC(=O)CN(CCc2ccccc2F)C1=O. The van der Waals surface area contributed by atoms with Gasteiger partial charge in [0.05, 0.1) is 6.54 Å². The molecule has 21 heavy (non-hydrogen) atoms. The molecule has 0 radical (unpaired) electrons. The van der Waals surface area contributed by atoms with Gasteiger partial charge in [-0.25, -0.2) is 4.39 Å². The van der Waals surface area contributed by atoms with E-state index < -0.39 is 5.54 Å². The van der Waals surface area contributed by atoms with E-state index in [0.29, 0.717) is 18.5 Å². The van der Waals surface area contributed by atoms with Crippen LogP contribution in [0.5, 0.6) is 0 Å². The fourth-order valence-electron chi connectivity index (χ4n) is 3.03. The van der Waals surface area contributed by atoms with Crippen LogP contribution >= 0.6 is 0 Å². The van der Waals surface area contributed by atoms with Crippen LogP contribution in [0.25, 0.3) is 0 Å². The maximum atomic E-state index is 13.6. The van der Waals surface area contributed by atoms with Gasteiger partial charge in [0, 0.05) is 6.54 Å². The standard InChI is InChI=1S/C16H19FN2O2/c1-16(12-6-7-12)15(21)19(10-14(20)18-16)9-8-11-4-2-3-5-13(11)17/h2-5,12H,6-10H2,1H3,(H,18,20). The van der Waals surface area contributed by atoms with Crippen LogP contribution < -0.4 is 5.32 Å². The van der Waals surface area contributed by atoms with E-state index in [9.17, 15) is 14.0 Å². The van der Waals surface area contributed by atoms with Crippen molar-refractivity contribution in [2.75, 3.05) is 13.1 Å². The number of rotatable bonds is 4. The van der Waals surface area contributed by atoms with Gasteiger partial charge in [0.25, 0.3) is 0 Å². The molecule has 1 aromatic rings. The van der Waals surface area contributed by atoms with Crippen LogP contribution in [0.4, 0.5) is 4.39 Å². The summed E-state index contributed by atoms with van der Waals surface area (Å²) in [7, 11) is 0. The van der Waals surface area contributed by atoms with Gasteiger partial charge < -0.3 is 10.2 Å². The van der Waals surface area contributed by atoms with Crippen LogP contribution in [0, 0.1) is 11.7 Å². The molecule has 3 rings (SSSR count). The Morgan fingerprint density at radius 3 is 2.71 bits per heavy atom. The monoisotopic (exact) mass is 290 g/mol. The third-order valence-electron chi connectivity index (χ3n) is 4.47. The molecule has 1 aliphatic carbocycles. The lowest BCUT2D eigenvalue weighted by atomic mass is 9.91. The van der Waals surface area contributed by atoms with Crippen molar-refractivity contribution in [3.05, 3.63) is 35.6 Å². The summed E-state index contributed by atoms with van der Waals surface area (Å²) >= 11 is 0. The largest absolute Gasteiger partial charge is 0.340 e. The Kier molecular flexibility index (Phi) is 3.43. The minimum atomic E-state index is -0.773. The molecule has 1 aromatic carbocycles. The average Bonchev–Trinajstić information content (AvgIpc) is 3.27. The molecule has 0 bridgehead atoms. The van der Waals surface area contributed by atoms with Crippen LogP contribution in [0.15, 0.2) is 24.3 Å². The molecule has 2 amide bonds. The number of amides is 2. The van der Waals surface area contributed by atoms with Crippen molar-refractivity contribution in [2.24, 2.45) is 5.92 Å². The van der Waals surface area contributed by atoms with E-state index >= 15 is 0 Å². The Morgan fingerprint density at radius 1 is 1.33 bits per heavy atom. The highest BCUT2D eigenvalue weighted by atomic mass is 19.1. The molecule has 0 aromatic heterocycles. The molecular formula is C16H19FN2O2. The fraction of sp³-hybridized carbons (Fsp3) is 0.500. The average molecular weight is 290 g/mol. The summed E-state index contributed by atoms with van der Waals surface area (Å²) in [6.45, 7) is 2.24. The molecular weight excluding hydrogens is 271 g/mol. The van der Waals surface area contributed by atoms with Gasteiger partial charge in [-0.3, -0.25) is 9.59 Å². The number of nitrogens with zero attached hydrogens (tertiary/aromatic N) is 1. The molecule has 1 saturated carbocycles. The summed E-state index contributed by atoms with van der Waals surface area (Å²) in [6.07, 6.45) is 2.37. The maximum absolute atomic E-state index is 13.6. The molecule has 1 heterocycles. The molecule has 1 atom stereocenters. The Labute approximate surface area is 123 Å². The molecule has 5 heteroatoms. The highest BCUT2D eigenvalue weighted by molar-refractivity contribution is 5.98. The summed E-state index contributed by atoms with van der Waals surface area (Å²) in [5.74, 6) is -0.194. The third-order valence-corrected chi connectivity index (χ3v) is 4.47. The molecule has 1 aliphatic heterocycles. The Hall–Kier alpha value is -1.91. The predicted octanol–water partition coefficient (Wildman–Crippen LogP) is 1.50. The van der Waals surface area contributed by atoms with Crippen molar-refractivity contribution >= 4 is 11.8 Å². The maximum Gasteiger partial charge on any atom is 0.248 e. The van der Waals surface area contributed by atoms with Crippen molar-refractivity contribution in [2.45, 2.75) is 31.7 Å². The normalized spacial score (nSPS) is 25.9. The number of nitrogens with one attached hydrogen (secondary N) is 1. The van der Waals surface area contributed by atoms with E-state index in [0.717, 1.165) is 12.8 Å². The predicted molar refractivity (Wildman–Crippen MR) is 76.0 cm³/mol. The molecule has 2 aliphatic rings. The third kappa shape index (κ3) is 2.64. The minimum Gasteiger partial charge on any atom is -0.340 e. The van der Waals surface area contributed by atoms with Gasteiger partial charge in [0.1, 0.15) is 11.4 Å². The minimum absolute atomic E-state index is 0.0408. The smallest absolute Gasteiger partial charge is 0.248 e. The van der Waals surface area contributed by atoms with Crippen molar-refractivity contribution in [3.8, 4) is 0 Å². The molecule has 112 valence electrons. The van der Waals surface area contributed by atoms with Gasteiger partial charge in [-0.05, 0) is 43.7 Å². The van der Waals surface area contributed by atoms with Gasteiger partial charge in [0.15, 0.2) is 0 Å². The van der Waals surface area contributed by atoms with E-state index in [2.05, 4.69) is 5.32 Å². The topological polar surface area (TPSA) is 49.4 Å². The Bertz CT molecular complexity index is 585. The second-order valence-corrected chi connectivity index (χ2v) is 6.09. The van der Waals surface area contributed by atoms with Crippen LogP contribution in [0.2, 0.25) is 0 Å². The fourth-order valence-corrected chi connectivity index (χ4v) is 3.03. The molecule has 0 spiro atoms. The summed E-state index contributed by atoms with van der Waals surface area (Å²) in [5, 5.41) is 2.84. The number of carbonyl (C=O) groups excluding carboxylic acids is 2. The molecule has 4 nitrogen and oxygen atoms in total. The van der Waals surface area contributed by atoms with Crippen LogP contribution in [0.1, 0.15) is 25.3 Å². The van der Waals surface area contributed by atoms with E-state index in [-0.39, 0.29) is 30.1 Å². The Balaban J connectivity index is 1.71. The van der Waals surface area contributed by atoms with Gasteiger partial charge in [0.2, 0.25) is 11.8 Å². The van der Waals surface area contributed by atoms with Crippen molar-refractivity contribution < 1.29 is 14.0 Å². The van der Waals surface area contributed by atoms with E-state index in [4.69, 9.17) is 0 Å². The quantitative estimate of drug-likeness (QED) is 0.913. The summed E-state index contributed by atoms with van der Waals surface area (Å²) in [5.41, 5.74) is -0.200. The number of halogens is 1. The first-order chi connectivity index (χ1) is 10.0.